The first kappa shape index (κ1) is 12.4. The number of aromatic hydroxyl groups is 1. The quantitative estimate of drug-likeness (QED) is 0.812. The van der Waals surface area contributed by atoms with Gasteiger partial charge in [-0.25, -0.2) is 13.4 Å². The molecular weight excluding hydrogens is 256 g/mol. The molecule has 2 aromatic rings. The van der Waals surface area contributed by atoms with Crippen molar-refractivity contribution in [1.82, 2.24) is 9.97 Å². The molecular formula is C11H10N2O4S. The van der Waals surface area contributed by atoms with E-state index >= 15 is 0 Å². The van der Waals surface area contributed by atoms with Crippen LogP contribution in [0.5, 0.6) is 5.75 Å². The second-order valence-corrected chi connectivity index (χ2v) is 5.77. The van der Waals surface area contributed by atoms with Crippen molar-refractivity contribution in [2.75, 3.05) is 6.26 Å². The van der Waals surface area contributed by atoms with E-state index in [0.717, 1.165) is 6.26 Å². The summed E-state index contributed by atoms with van der Waals surface area (Å²) in [7, 11) is -3.62. The SMILES string of the molecule is CC(=O)c1nc(S(C)(=O)=O)c2cccnc2c1O. The lowest BCUT2D eigenvalue weighted by atomic mass is 10.2. The Morgan fingerprint density at radius 3 is 2.61 bits per heavy atom. The molecule has 2 aromatic heterocycles. The molecule has 0 amide bonds. The van der Waals surface area contributed by atoms with E-state index in [1.165, 1.54) is 25.3 Å². The van der Waals surface area contributed by atoms with E-state index in [9.17, 15) is 18.3 Å². The van der Waals surface area contributed by atoms with E-state index in [1.54, 1.807) is 0 Å². The Bertz CT molecular complexity index is 753. The first-order valence-corrected chi connectivity index (χ1v) is 6.90. The summed E-state index contributed by atoms with van der Waals surface area (Å²) < 4.78 is 23.3. The molecule has 0 unspecified atom stereocenters. The van der Waals surface area contributed by atoms with Crippen LogP contribution in [0.25, 0.3) is 10.9 Å². The number of ketones is 1. The van der Waals surface area contributed by atoms with Gasteiger partial charge < -0.3 is 5.11 Å². The van der Waals surface area contributed by atoms with Gasteiger partial charge in [0.2, 0.25) is 0 Å². The molecule has 0 fully saturated rings. The van der Waals surface area contributed by atoms with Crippen molar-refractivity contribution in [3.05, 3.63) is 24.0 Å². The smallest absolute Gasteiger partial charge is 0.193 e. The maximum absolute atomic E-state index is 11.6. The topological polar surface area (TPSA) is 97.2 Å². The zero-order valence-corrected chi connectivity index (χ0v) is 10.5. The minimum atomic E-state index is -3.62. The summed E-state index contributed by atoms with van der Waals surface area (Å²) in [6, 6.07) is 3.01. The van der Waals surface area contributed by atoms with Crippen molar-refractivity contribution in [3.63, 3.8) is 0 Å². The van der Waals surface area contributed by atoms with Crippen LogP contribution in [0.3, 0.4) is 0 Å². The van der Waals surface area contributed by atoms with Gasteiger partial charge in [-0.1, -0.05) is 0 Å². The van der Waals surface area contributed by atoms with Crippen LogP contribution in [0, 0.1) is 0 Å². The molecule has 0 aromatic carbocycles. The fourth-order valence-corrected chi connectivity index (χ4v) is 2.44. The lowest BCUT2D eigenvalue weighted by molar-refractivity contribution is 0.101. The van der Waals surface area contributed by atoms with Gasteiger partial charge in [-0.2, -0.15) is 0 Å². The van der Waals surface area contributed by atoms with Gasteiger partial charge in [-0.05, 0) is 12.1 Å². The van der Waals surface area contributed by atoms with Gasteiger partial charge in [0.05, 0.1) is 0 Å². The Labute approximate surface area is 103 Å². The molecule has 94 valence electrons. The third kappa shape index (κ3) is 1.92. The summed E-state index contributed by atoms with van der Waals surface area (Å²) >= 11 is 0. The minimum absolute atomic E-state index is 0.0538. The molecule has 0 bridgehead atoms. The van der Waals surface area contributed by atoms with Crippen molar-refractivity contribution in [3.8, 4) is 5.75 Å². The third-order valence-electron chi connectivity index (χ3n) is 2.38. The van der Waals surface area contributed by atoms with Crippen LogP contribution < -0.4 is 0 Å². The number of pyridine rings is 2. The highest BCUT2D eigenvalue weighted by atomic mass is 32.2. The first-order valence-electron chi connectivity index (χ1n) is 5.01. The second-order valence-electron chi connectivity index (χ2n) is 3.84. The normalized spacial score (nSPS) is 11.7. The number of carbonyl (C=O) groups is 1. The summed E-state index contributed by atoms with van der Waals surface area (Å²) in [5, 5.41) is 9.81. The van der Waals surface area contributed by atoms with E-state index < -0.39 is 21.4 Å². The minimum Gasteiger partial charge on any atom is -0.504 e. The number of fused-ring (bicyclic) bond motifs is 1. The van der Waals surface area contributed by atoms with Crippen molar-refractivity contribution in [2.45, 2.75) is 11.9 Å². The molecule has 0 radical (unpaired) electrons. The summed E-state index contributed by atoms with van der Waals surface area (Å²) in [4.78, 5) is 19.0. The van der Waals surface area contributed by atoms with Crippen LogP contribution in [0.2, 0.25) is 0 Å². The summed E-state index contributed by atoms with van der Waals surface area (Å²) in [6.45, 7) is 1.20. The van der Waals surface area contributed by atoms with Crippen LogP contribution in [0.15, 0.2) is 23.4 Å². The second kappa shape index (κ2) is 4.02. The molecule has 0 aliphatic heterocycles. The van der Waals surface area contributed by atoms with Crippen LogP contribution in [0.4, 0.5) is 0 Å². The highest BCUT2D eigenvalue weighted by Gasteiger charge is 2.22. The highest BCUT2D eigenvalue weighted by molar-refractivity contribution is 7.90. The van der Waals surface area contributed by atoms with E-state index in [0.29, 0.717) is 0 Å². The molecule has 0 saturated heterocycles. The largest absolute Gasteiger partial charge is 0.504 e. The molecule has 2 heterocycles. The van der Waals surface area contributed by atoms with Crippen molar-refractivity contribution in [2.24, 2.45) is 0 Å². The number of Topliss-reactive ketones (excluding diaryl/α,β-unsaturated/α-hetero) is 1. The Hall–Kier alpha value is -2.02. The molecule has 0 atom stereocenters. The molecule has 7 heteroatoms. The molecule has 6 nitrogen and oxygen atoms in total. The van der Waals surface area contributed by atoms with E-state index in [4.69, 9.17) is 0 Å². The molecule has 2 rings (SSSR count). The van der Waals surface area contributed by atoms with Crippen LogP contribution in [-0.4, -0.2) is 35.5 Å². The summed E-state index contributed by atoms with van der Waals surface area (Å²) in [6.07, 6.45) is 2.39. The summed E-state index contributed by atoms with van der Waals surface area (Å²) in [5.74, 6) is -0.921. The van der Waals surface area contributed by atoms with Gasteiger partial charge >= 0.3 is 0 Å². The lowest BCUT2D eigenvalue weighted by Crippen LogP contribution is -2.07. The predicted molar refractivity (Wildman–Crippen MR) is 64.3 cm³/mol. The highest BCUT2D eigenvalue weighted by Crippen LogP contribution is 2.29. The maximum atomic E-state index is 11.6. The number of rotatable bonds is 2. The van der Waals surface area contributed by atoms with E-state index in [2.05, 4.69) is 9.97 Å². The lowest BCUT2D eigenvalue weighted by Gasteiger charge is -2.08. The predicted octanol–water partition coefficient (Wildman–Crippen LogP) is 0.941. The molecule has 1 N–H and O–H groups in total. The Balaban J connectivity index is 3.03. The van der Waals surface area contributed by atoms with Gasteiger partial charge in [-0.3, -0.25) is 9.78 Å². The van der Waals surface area contributed by atoms with Crippen molar-refractivity contribution >= 4 is 26.5 Å². The van der Waals surface area contributed by atoms with Gasteiger partial charge in [0, 0.05) is 24.8 Å². The molecule has 0 aliphatic carbocycles. The van der Waals surface area contributed by atoms with Gasteiger partial charge in [0.15, 0.2) is 32.1 Å². The molecule has 18 heavy (non-hydrogen) atoms. The Kier molecular flexibility index (Phi) is 2.78. The fourth-order valence-electron chi connectivity index (χ4n) is 1.62. The fraction of sp³-hybridized carbons (Fsp3) is 0.182. The number of carbonyl (C=O) groups excluding carboxylic acids is 1. The standard InChI is InChI=1S/C11H10N2O4S/c1-6(14)8-10(15)9-7(4-3-5-12-9)11(13-8)18(2,16)17/h3-5,15H,1-2H3. The van der Waals surface area contributed by atoms with Gasteiger partial charge in [0.1, 0.15) is 5.52 Å². The zero-order valence-electron chi connectivity index (χ0n) is 9.71. The van der Waals surface area contributed by atoms with Crippen LogP contribution >= 0.6 is 0 Å². The van der Waals surface area contributed by atoms with E-state index in [1.807, 2.05) is 0 Å². The first-order chi connectivity index (χ1) is 8.32. The number of hydrogen-bond acceptors (Lipinski definition) is 6. The third-order valence-corrected chi connectivity index (χ3v) is 3.40. The monoisotopic (exact) mass is 266 g/mol. The number of aromatic nitrogens is 2. The molecule has 0 spiro atoms. The van der Waals surface area contributed by atoms with Crippen LogP contribution in [-0.2, 0) is 9.84 Å². The number of sulfone groups is 1. The van der Waals surface area contributed by atoms with E-state index in [-0.39, 0.29) is 21.6 Å². The maximum Gasteiger partial charge on any atom is 0.193 e. The van der Waals surface area contributed by atoms with Gasteiger partial charge in [0.25, 0.3) is 0 Å². The Morgan fingerprint density at radius 2 is 2.06 bits per heavy atom. The van der Waals surface area contributed by atoms with Crippen molar-refractivity contribution in [1.29, 1.82) is 0 Å². The Morgan fingerprint density at radius 1 is 1.39 bits per heavy atom. The number of hydrogen-bond donors (Lipinski definition) is 1. The number of nitrogens with zero attached hydrogens (tertiary/aromatic N) is 2. The molecule has 0 saturated carbocycles. The summed E-state index contributed by atoms with van der Waals surface area (Å²) in [5.41, 5.74) is -0.236. The molecule has 0 aliphatic rings. The average Bonchev–Trinajstić information content (AvgIpc) is 2.27. The van der Waals surface area contributed by atoms with Crippen LogP contribution in [0.1, 0.15) is 17.4 Å². The zero-order chi connectivity index (χ0) is 13.5. The van der Waals surface area contributed by atoms with Crippen molar-refractivity contribution < 1.29 is 18.3 Å². The van der Waals surface area contributed by atoms with Gasteiger partial charge in [-0.15, -0.1) is 0 Å². The average molecular weight is 266 g/mol.